The molecule has 106 valence electrons. The predicted molar refractivity (Wildman–Crippen MR) is 77.7 cm³/mol. The minimum Gasteiger partial charge on any atom is -0.490 e. The lowest BCUT2D eigenvalue weighted by molar-refractivity contribution is 0.0888. The van der Waals surface area contributed by atoms with Crippen molar-refractivity contribution in [3.05, 3.63) is 29.8 Å². The van der Waals surface area contributed by atoms with E-state index in [4.69, 9.17) is 9.84 Å². The van der Waals surface area contributed by atoms with E-state index in [2.05, 4.69) is 36.9 Å². The first-order valence-electron chi connectivity index (χ1n) is 7.29. The Morgan fingerprint density at radius 2 is 2.05 bits per heavy atom. The summed E-state index contributed by atoms with van der Waals surface area (Å²) in [6.45, 7) is 7.49. The van der Waals surface area contributed by atoms with Crippen LogP contribution in [-0.2, 0) is 0 Å². The molecule has 1 aromatic carbocycles. The smallest absolute Gasteiger partial charge is 0.120 e. The molecular formula is C16H25NO2. The van der Waals surface area contributed by atoms with E-state index < -0.39 is 0 Å². The third-order valence-corrected chi connectivity index (χ3v) is 3.78. The van der Waals surface area contributed by atoms with Crippen LogP contribution in [0.4, 0.5) is 0 Å². The van der Waals surface area contributed by atoms with E-state index in [-0.39, 0.29) is 6.61 Å². The van der Waals surface area contributed by atoms with Gasteiger partial charge >= 0.3 is 0 Å². The molecule has 2 rings (SSSR count). The summed E-state index contributed by atoms with van der Waals surface area (Å²) >= 11 is 0. The van der Waals surface area contributed by atoms with Crippen LogP contribution in [0.25, 0.3) is 0 Å². The van der Waals surface area contributed by atoms with Crippen LogP contribution in [0.2, 0.25) is 0 Å². The molecule has 1 aromatic rings. The van der Waals surface area contributed by atoms with Crippen molar-refractivity contribution in [2.45, 2.75) is 38.7 Å². The van der Waals surface area contributed by atoms with Crippen molar-refractivity contribution >= 4 is 0 Å². The molecule has 0 aliphatic carbocycles. The van der Waals surface area contributed by atoms with Gasteiger partial charge in [-0.3, -0.25) is 0 Å². The molecule has 19 heavy (non-hydrogen) atoms. The van der Waals surface area contributed by atoms with Crippen LogP contribution >= 0.6 is 0 Å². The lowest BCUT2D eigenvalue weighted by atomic mass is 10.0. The number of nitrogens with zero attached hydrogens (tertiary/aromatic N) is 1. The largest absolute Gasteiger partial charge is 0.490 e. The Balaban J connectivity index is 1.87. The van der Waals surface area contributed by atoms with Gasteiger partial charge in [0.1, 0.15) is 11.9 Å². The van der Waals surface area contributed by atoms with Gasteiger partial charge in [-0.15, -0.1) is 0 Å². The maximum absolute atomic E-state index is 8.93. The maximum Gasteiger partial charge on any atom is 0.120 e. The molecule has 0 aromatic heterocycles. The Morgan fingerprint density at radius 1 is 1.32 bits per heavy atom. The monoisotopic (exact) mass is 263 g/mol. The van der Waals surface area contributed by atoms with E-state index in [9.17, 15) is 0 Å². The SMILES string of the molecule is CC(C)c1cccc(OC2CCN(CCO)CC2)c1. The molecular weight excluding hydrogens is 238 g/mol. The van der Waals surface area contributed by atoms with Crippen LogP contribution < -0.4 is 4.74 Å². The Bertz CT molecular complexity index is 384. The Hall–Kier alpha value is -1.06. The van der Waals surface area contributed by atoms with Crippen LogP contribution in [0.15, 0.2) is 24.3 Å². The Labute approximate surface area is 116 Å². The summed E-state index contributed by atoms with van der Waals surface area (Å²) in [7, 11) is 0. The topological polar surface area (TPSA) is 32.7 Å². The molecule has 1 N–H and O–H groups in total. The molecule has 1 aliphatic rings. The van der Waals surface area contributed by atoms with Gasteiger partial charge < -0.3 is 14.7 Å². The summed E-state index contributed by atoms with van der Waals surface area (Å²) in [4.78, 5) is 2.30. The van der Waals surface area contributed by atoms with E-state index in [0.717, 1.165) is 38.2 Å². The van der Waals surface area contributed by atoms with Gasteiger partial charge in [0.2, 0.25) is 0 Å². The summed E-state index contributed by atoms with van der Waals surface area (Å²) in [6.07, 6.45) is 2.41. The molecule has 1 heterocycles. The van der Waals surface area contributed by atoms with E-state index in [0.29, 0.717) is 12.0 Å². The van der Waals surface area contributed by atoms with Crippen LogP contribution in [0.5, 0.6) is 5.75 Å². The highest BCUT2D eigenvalue weighted by molar-refractivity contribution is 5.30. The molecule has 0 spiro atoms. The number of benzene rings is 1. The molecule has 0 amide bonds. The molecule has 1 fully saturated rings. The summed E-state index contributed by atoms with van der Waals surface area (Å²) < 4.78 is 6.08. The molecule has 0 bridgehead atoms. The fraction of sp³-hybridized carbons (Fsp3) is 0.625. The highest BCUT2D eigenvalue weighted by Gasteiger charge is 2.20. The van der Waals surface area contributed by atoms with Gasteiger partial charge in [0.25, 0.3) is 0 Å². The molecule has 3 heteroatoms. The fourth-order valence-electron chi connectivity index (χ4n) is 2.53. The third-order valence-electron chi connectivity index (χ3n) is 3.78. The second kappa shape index (κ2) is 6.92. The van der Waals surface area contributed by atoms with Gasteiger partial charge in [0.15, 0.2) is 0 Å². The summed E-state index contributed by atoms with van der Waals surface area (Å²) in [5.74, 6) is 1.53. The standard InChI is InChI=1S/C16H25NO2/c1-13(2)14-4-3-5-16(12-14)19-15-6-8-17(9-7-15)10-11-18/h3-5,12-13,15,18H,6-11H2,1-2H3. The highest BCUT2D eigenvalue weighted by Crippen LogP contribution is 2.23. The van der Waals surface area contributed by atoms with Crippen molar-refractivity contribution in [2.24, 2.45) is 0 Å². The third kappa shape index (κ3) is 4.22. The zero-order valence-corrected chi connectivity index (χ0v) is 12.0. The number of likely N-dealkylation sites (tertiary alicyclic amines) is 1. The lowest BCUT2D eigenvalue weighted by Gasteiger charge is -2.31. The predicted octanol–water partition coefficient (Wildman–Crippen LogP) is 2.65. The van der Waals surface area contributed by atoms with Crippen molar-refractivity contribution in [1.29, 1.82) is 0 Å². The number of β-amino-alcohol motifs (C(OH)–C–C–N with tert-alkyl or cyclic N) is 1. The minimum absolute atomic E-state index is 0.252. The van der Waals surface area contributed by atoms with Crippen molar-refractivity contribution in [3.63, 3.8) is 0 Å². The maximum atomic E-state index is 8.93. The van der Waals surface area contributed by atoms with Crippen LogP contribution in [-0.4, -0.2) is 42.4 Å². The van der Waals surface area contributed by atoms with Crippen molar-refractivity contribution in [1.82, 2.24) is 4.90 Å². The molecule has 0 unspecified atom stereocenters. The normalized spacial score (nSPS) is 17.9. The van der Waals surface area contributed by atoms with E-state index in [1.807, 2.05) is 6.07 Å². The zero-order chi connectivity index (χ0) is 13.7. The average Bonchev–Trinajstić information content (AvgIpc) is 2.42. The van der Waals surface area contributed by atoms with E-state index in [1.54, 1.807) is 0 Å². The van der Waals surface area contributed by atoms with Crippen LogP contribution in [0.3, 0.4) is 0 Å². The van der Waals surface area contributed by atoms with E-state index >= 15 is 0 Å². The fourth-order valence-corrected chi connectivity index (χ4v) is 2.53. The lowest BCUT2D eigenvalue weighted by Crippen LogP contribution is -2.39. The first kappa shape index (κ1) is 14.4. The number of piperidine rings is 1. The zero-order valence-electron chi connectivity index (χ0n) is 12.0. The minimum atomic E-state index is 0.252. The first-order valence-corrected chi connectivity index (χ1v) is 7.29. The second-order valence-electron chi connectivity index (χ2n) is 5.61. The van der Waals surface area contributed by atoms with Gasteiger partial charge in [-0.05, 0) is 36.5 Å². The van der Waals surface area contributed by atoms with Crippen molar-refractivity contribution < 1.29 is 9.84 Å². The summed E-state index contributed by atoms with van der Waals surface area (Å²) in [5, 5.41) is 8.93. The van der Waals surface area contributed by atoms with Gasteiger partial charge in [0.05, 0.1) is 6.61 Å². The van der Waals surface area contributed by atoms with Gasteiger partial charge in [0, 0.05) is 19.6 Å². The molecule has 1 saturated heterocycles. The molecule has 1 aliphatic heterocycles. The number of hydrogen-bond donors (Lipinski definition) is 1. The number of aliphatic hydroxyl groups is 1. The number of hydrogen-bond acceptors (Lipinski definition) is 3. The average molecular weight is 263 g/mol. The molecule has 0 radical (unpaired) electrons. The number of aliphatic hydroxyl groups excluding tert-OH is 1. The quantitative estimate of drug-likeness (QED) is 0.886. The van der Waals surface area contributed by atoms with E-state index in [1.165, 1.54) is 5.56 Å². The number of rotatable bonds is 5. The summed E-state index contributed by atoms with van der Waals surface area (Å²) in [6, 6.07) is 8.43. The van der Waals surface area contributed by atoms with Gasteiger partial charge in [-0.1, -0.05) is 26.0 Å². The Kier molecular flexibility index (Phi) is 5.23. The molecule has 0 atom stereocenters. The van der Waals surface area contributed by atoms with Crippen molar-refractivity contribution in [3.8, 4) is 5.75 Å². The molecule has 3 nitrogen and oxygen atoms in total. The first-order chi connectivity index (χ1) is 9.19. The Morgan fingerprint density at radius 3 is 2.68 bits per heavy atom. The van der Waals surface area contributed by atoms with Crippen LogP contribution in [0, 0.1) is 0 Å². The van der Waals surface area contributed by atoms with Gasteiger partial charge in [-0.2, -0.15) is 0 Å². The second-order valence-corrected chi connectivity index (χ2v) is 5.61. The van der Waals surface area contributed by atoms with Gasteiger partial charge in [-0.25, -0.2) is 0 Å². The summed E-state index contributed by atoms with van der Waals surface area (Å²) in [5.41, 5.74) is 1.33. The van der Waals surface area contributed by atoms with Crippen molar-refractivity contribution in [2.75, 3.05) is 26.2 Å². The highest BCUT2D eigenvalue weighted by atomic mass is 16.5. The molecule has 0 saturated carbocycles. The number of ether oxygens (including phenoxy) is 1. The van der Waals surface area contributed by atoms with Crippen LogP contribution in [0.1, 0.15) is 38.2 Å².